The smallest absolute Gasteiger partial charge is 0.156 e. The zero-order valence-corrected chi connectivity index (χ0v) is 14.4. The lowest BCUT2D eigenvalue weighted by Gasteiger charge is -2.46. The Bertz CT molecular complexity index is 182. The van der Waals surface area contributed by atoms with Gasteiger partial charge in [-0.05, 0) is 25.9 Å². The van der Waals surface area contributed by atoms with Gasteiger partial charge in [-0.25, -0.2) is 0 Å². The number of hydrogen-bond acceptors (Lipinski definition) is 1. The van der Waals surface area contributed by atoms with E-state index in [0.717, 1.165) is 6.71 Å². The first-order chi connectivity index (χ1) is 7.87. The van der Waals surface area contributed by atoms with Gasteiger partial charge in [0, 0.05) is 0 Å². The Morgan fingerprint density at radius 3 is 0.944 bits per heavy atom. The Morgan fingerprint density at radius 2 is 0.889 bits per heavy atom. The first-order valence-corrected chi connectivity index (χ1v) is 7.57. The molecule has 0 aromatic carbocycles. The highest BCUT2D eigenvalue weighted by Gasteiger charge is 2.45. The second-order valence-corrected chi connectivity index (χ2v) is 8.99. The highest BCUT2D eigenvalue weighted by atomic mass is 14.9. The zero-order chi connectivity index (χ0) is 14.6. The molecule has 1 N–H and O–H groups in total. The monoisotopic (exact) mass is 253 g/mol. The molecule has 2 heteroatoms. The molecule has 0 aromatic rings. The standard InChI is InChI=1S/C12H27B.C4H9N/c1-10(2,3)13(11(4,5)6)12(7,8)9;1-2-4-5-3-1/h1-9H3;5H,1-4H2. The predicted octanol–water partition coefficient (Wildman–Crippen LogP) is 5.25. The molecule has 1 aliphatic heterocycles. The summed E-state index contributed by atoms with van der Waals surface area (Å²) in [6.07, 6.45) is 2.78. The Morgan fingerprint density at radius 1 is 0.611 bits per heavy atom. The molecule has 0 spiro atoms. The highest BCUT2D eigenvalue weighted by molar-refractivity contribution is 6.68. The molecule has 1 nitrogen and oxygen atoms in total. The van der Waals surface area contributed by atoms with Crippen molar-refractivity contribution in [3.05, 3.63) is 0 Å². The largest absolute Gasteiger partial charge is 0.317 e. The van der Waals surface area contributed by atoms with Crippen molar-refractivity contribution < 1.29 is 0 Å². The van der Waals surface area contributed by atoms with Crippen LogP contribution >= 0.6 is 0 Å². The maximum absolute atomic E-state index is 3.22. The molecular weight excluding hydrogens is 217 g/mol. The van der Waals surface area contributed by atoms with E-state index in [1.807, 2.05) is 0 Å². The van der Waals surface area contributed by atoms with Crippen LogP contribution in [0.25, 0.3) is 0 Å². The van der Waals surface area contributed by atoms with E-state index in [9.17, 15) is 0 Å². The summed E-state index contributed by atoms with van der Waals surface area (Å²) in [4.78, 5) is 0. The van der Waals surface area contributed by atoms with Crippen LogP contribution in [-0.4, -0.2) is 19.8 Å². The van der Waals surface area contributed by atoms with E-state index >= 15 is 0 Å². The number of nitrogens with one attached hydrogen (secondary N) is 1. The SMILES string of the molecule is C1CCNC1.CC(C)(C)B(C(C)(C)C)C(C)(C)C. The third-order valence-electron chi connectivity index (χ3n) is 3.56. The fraction of sp³-hybridized carbons (Fsp3) is 1.00. The predicted molar refractivity (Wildman–Crippen MR) is 87.0 cm³/mol. The van der Waals surface area contributed by atoms with Gasteiger partial charge in [0.1, 0.15) is 0 Å². The summed E-state index contributed by atoms with van der Waals surface area (Å²) in [5.74, 6) is 0. The molecule has 0 aliphatic carbocycles. The van der Waals surface area contributed by atoms with Gasteiger partial charge in [-0.3, -0.25) is 0 Å². The van der Waals surface area contributed by atoms with E-state index in [2.05, 4.69) is 67.6 Å². The van der Waals surface area contributed by atoms with Gasteiger partial charge in [-0.15, -0.1) is 0 Å². The minimum atomic E-state index is 0.385. The van der Waals surface area contributed by atoms with E-state index in [1.54, 1.807) is 0 Å². The van der Waals surface area contributed by atoms with Gasteiger partial charge in [0.15, 0.2) is 6.71 Å². The summed E-state index contributed by atoms with van der Waals surface area (Å²) >= 11 is 0. The summed E-state index contributed by atoms with van der Waals surface area (Å²) in [5.41, 5.74) is 0. The van der Waals surface area contributed by atoms with Gasteiger partial charge in [0.25, 0.3) is 0 Å². The molecule has 0 bridgehead atoms. The average Bonchev–Trinajstić information content (AvgIpc) is 2.47. The Hall–Kier alpha value is 0.0249. The van der Waals surface area contributed by atoms with Gasteiger partial charge < -0.3 is 5.32 Å². The summed E-state index contributed by atoms with van der Waals surface area (Å²) < 4.78 is 0. The van der Waals surface area contributed by atoms with Crippen LogP contribution in [0, 0.1) is 0 Å². The molecule has 0 amide bonds. The lowest BCUT2D eigenvalue weighted by molar-refractivity contribution is 0.568. The van der Waals surface area contributed by atoms with E-state index in [4.69, 9.17) is 0 Å². The molecule has 1 heterocycles. The second kappa shape index (κ2) is 6.46. The first kappa shape index (κ1) is 18.0. The minimum absolute atomic E-state index is 0.385. The lowest BCUT2D eigenvalue weighted by atomic mass is 9.15. The van der Waals surface area contributed by atoms with Gasteiger partial charge in [0.05, 0.1) is 0 Å². The molecule has 1 fully saturated rings. The molecule has 108 valence electrons. The van der Waals surface area contributed by atoms with Gasteiger partial charge >= 0.3 is 0 Å². The Labute approximate surface area is 117 Å². The van der Waals surface area contributed by atoms with Crippen LogP contribution in [0.15, 0.2) is 0 Å². The molecule has 1 aliphatic rings. The molecular formula is C16H36BN. The van der Waals surface area contributed by atoms with E-state index in [0.29, 0.717) is 15.9 Å². The van der Waals surface area contributed by atoms with Crippen molar-refractivity contribution in [3.63, 3.8) is 0 Å². The van der Waals surface area contributed by atoms with Crippen molar-refractivity contribution in [2.24, 2.45) is 0 Å². The summed E-state index contributed by atoms with van der Waals surface area (Å²) in [6, 6.07) is 0. The maximum Gasteiger partial charge on any atom is 0.156 e. The molecule has 0 unspecified atom stereocenters. The van der Waals surface area contributed by atoms with Crippen molar-refractivity contribution in [3.8, 4) is 0 Å². The molecule has 0 atom stereocenters. The number of rotatable bonds is 0. The molecule has 1 rings (SSSR count). The molecule has 18 heavy (non-hydrogen) atoms. The average molecular weight is 253 g/mol. The Kier molecular flexibility index (Phi) is 6.46. The zero-order valence-electron chi connectivity index (χ0n) is 14.4. The van der Waals surface area contributed by atoms with Crippen LogP contribution in [0.5, 0.6) is 0 Å². The molecule has 0 aromatic heterocycles. The number of hydrogen-bond donors (Lipinski definition) is 1. The molecule has 1 saturated heterocycles. The maximum atomic E-state index is 3.22. The normalized spacial score (nSPS) is 17.2. The van der Waals surface area contributed by atoms with Crippen molar-refractivity contribution in [2.45, 2.75) is 91.1 Å². The van der Waals surface area contributed by atoms with Crippen LogP contribution in [0.1, 0.15) is 75.2 Å². The summed E-state index contributed by atoms with van der Waals surface area (Å²) in [5, 5.41) is 4.38. The first-order valence-electron chi connectivity index (χ1n) is 7.57. The van der Waals surface area contributed by atoms with Crippen molar-refractivity contribution >= 4 is 6.71 Å². The summed E-state index contributed by atoms with van der Waals surface area (Å²) in [6.45, 7) is 24.4. The van der Waals surface area contributed by atoms with Crippen LogP contribution in [0.4, 0.5) is 0 Å². The fourth-order valence-corrected chi connectivity index (χ4v) is 4.52. The van der Waals surface area contributed by atoms with Crippen molar-refractivity contribution in [2.75, 3.05) is 13.1 Å². The highest BCUT2D eigenvalue weighted by Crippen LogP contribution is 2.52. The van der Waals surface area contributed by atoms with Crippen LogP contribution in [-0.2, 0) is 0 Å². The van der Waals surface area contributed by atoms with Crippen molar-refractivity contribution in [1.29, 1.82) is 0 Å². The summed E-state index contributed by atoms with van der Waals surface area (Å²) in [7, 11) is 0. The van der Waals surface area contributed by atoms with E-state index < -0.39 is 0 Å². The van der Waals surface area contributed by atoms with Crippen LogP contribution in [0.2, 0.25) is 15.9 Å². The third-order valence-corrected chi connectivity index (χ3v) is 3.56. The molecule has 0 radical (unpaired) electrons. The van der Waals surface area contributed by atoms with Crippen molar-refractivity contribution in [1.82, 2.24) is 5.32 Å². The fourth-order valence-electron chi connectivity index (χ4n) is 4.52. The van der Waals surface area contributed by atoms with E-state index in [-0.39, 0.29) is 0 Å². The van der Waals surface area contributed by atoms with Crippen LogP contribution < -0.4 is 5.32 Å². The quantitative estimate of drug-likeness (QED) is 0.581. The third kappa shape index (κ3) is 6.82. The van der Waals surface area contributed by atoms with E-state index in [1.165, 1.54) is 25.9 Å². The van der Waals surface area contributed by atoms with Gasteiger partial charge in [0.2, 0.25) is 0 Å². The van der Waals surface area contributed by atoms with Gasteiger partial charge in [-0.2, -0.15) is 0 Å². The topological polar surface area (TPSA) is 12.0 Å². The minimum Gasteiger partial charge on any atom is -0.317 e. The lowest BCUT2D eigenvalue weighted by Crippen LogP contribution is -2.42. The van der Waals surface area contributed by atoms with Crippen LogP contribution in [0.3, 0.4) is 0 Å². The second-order valence-electron chi connectivity index (χ2n) is 8.99. The van der Waals surface area contributed by atoms with Gasteiger partial charge in [-0.1, -0.05) is 78.3 Å². The molecule has 0 saturated carbocycles. The Balaban J connectivity index is 0.000000473.